The quantitative estimate of drug-likeness (QED) is 0.588. The van der Waals surface area contributed by atoms with E-state index in [1.165, 1.54) is 0 Å². The van der Waals surface area contributed by atoms with E-state index in [1.54, 1.807) is 0 Å². The summed E-state index contributed by atoms with van der Waals surface area (Å²) in [7, 11) is 2.04. The van der Waals surface area contributed by atoms with Crippen molar-refractivity contribution in [1.29, 1.82) is 0 Å². The van der Waals surface area contributed by atoms with Crippen LogP contribution < -0.4 is 11.5 Å². The Labute approximate surface area is 121 Å². The number of fused-ring (bicyclic) bond motifs is 3. The zero-order valence-electron chi connectivity index (χ0n) is 9.67. The second-order valence-electron chi connectivity index (χ2n) is 4.34. The van der Waals surface area contributed by atoms with Gasteiger partial charge in [-0.15, -0.1) is 0 Å². The number of halogens is 2. The van der Waals surface area contributed by atoms with E-state index in [1.807, 2.05) is 31.3 Å². The summed E-state index contributed by atoms with van der Waals surface area (Å²) in [5.41, 5.74) is 15.6. The predicted octanol–water partition coefficient (Wildman–Crippen LogP) is 4.02. The molecular formula is C13H11Br2N3. The van der Waals surface area contributed by atoms with Gasteiger partial charge in [-0.25, -0.2) is 0 Å². The van der Waals surface area contributed by atoms with E-state index in [0.29, 0.717) is 0 Å². The first-order chi connectivity index (χ1) is 8.49. The van der Waals surface area contributed by atoms with Gasteiger partial charge in [0.05, 0.1) is 11.0 Å². The Morgan fingerprint density at radius 2 is 1.22 bits per heavy atom. The van der Waals surface area contributed by atoms with E-state index in [4.69, 9.17) is 11.5 Å². The third-order valence-corrected chi connectivity index (χ3v) is 4.62. The smallest absolute Gasteiger partial charge is 0.0501 e. The maximum Gasteiger partial charge on any atom is 0.0501 e. The molecule has 18 heavy (non-hydrogen) atoms. The number of benzene rings is 2. The first-order valence-electron chi connectivity index (χ1n) is 5.41. The third-order valence-electron chi connectivity index (χ3n) is 3.24. The molecule has 0 saturated carbocycles. The minimum Gasteiger partial charge on any atom is -0.398 e. The van der Waals surface area contributed by atoms with Gasteiger partial charge in [-0.2, -0.15) is 0 Å². The van der Waals surface area contributed by atoms with E-state index < -0.39 is 0 Å². The van der Waals surface area contributed by atoms with Crippen molar-refractivity contribution < 1.29 is 0 Å². The average Bonchev–Trinajstić information content (AvgIpc) is 2.56. The molecule has 2 aromatic carbocycles. The highest BCUT2D eigenvalue weighted by atomic mass is 79.9. The molecule has 0 amide bonds. The molecular weight excluding hydrogens is 358 g/mol. The van der Waals surface area contributed by atoms with Gasteiger partial charge in [0.25, 0.3) is 0 Å². The van der Waals surface area contributed by atoms with Crippen LogP contribution in [0.1, 0.15) is 0 Å². The molecule has 1 heterocycles. The third kappa shape index (κ3) is 1.54. The molecule has 0 radical (unpaired) electrons. The lowest BCUT2D eigenvalue weighted by Crippen LogP contribution is -1.90. The van der Waals surface area contributed by atoms with Gasteiger partial charge in [-0.1, -0.05) is 0 Å². The van der Waals surface area contributed by atoms with Crippen LogP contribution in [-0.4, -0.2) is 4.57 Å². The summed E-state index contributed by atoms with van der Waals surface area (Å²) in [5, 5.41) is 2.24. The van der Waals surface area contributed by atoms with E-state index in [2.05, 4.69) is 36.4 Å². The van der Waals surface area contributed by atoms with Crippen LogP contribution in [0.25, 0.3) is 21.8 Å². The van der Waals surface area contributed by atoms with Gasteiger partial charge in [0, 0.05) is 38.1 Å². The van der Waals surface area contributed by atoms with E-state index in [-0.39, 0.29) is 0 Å². The summed E-state index contributed by atoms with van der Waals surface area (Å²) < 4.78 is 3.96. The Kier molecular flexibility index (Phi) is 2.57. The van der Waals surface area contributed by atoms with Crippen LogP contribution in [0.2, 0.25) is 0 Å². The highest BCUT2D eigenvalue weighted by molar-refractivity contribution is 9.11. The van der Waals surface area contributed by atoms with Crippen molar-refractivity contribution in [3.8, 4) is 0 Å². The van der Waals surface area contributed by atoms with Crippen LogP contribution in [0.3, 0.4) is 0 Å². The SMILES string of the molecule is Cn1c2cc(Br)c(N)cc2c2cc(N)c(Br)cc21. The molecule has 1 aromatic heterocycles. The zero-order chi connectivity index (χ0) is 13.0. The van der Waals surface area contributed by atoms with Crippen molar-refractivity contribution in [1.82, 2.24) is 4.57 Å². The molecule has 0 aliphatic rings. The summed E-state index contributed by atoms with van der Waals surface area (Å²) in [5.74, 6) is 0. The van der Waals surface area contributed by atoms with Crippen molar-refractivity contribution in [2.24, 2.45) is 7.05 Å². The van der Waals surface area contributed by atoms with Crippen molar-refractivity contribution in [3.05, 3.63) is 33.2 Å². The number of nitrogen functional groups attached to an aromatic ring is 2. The fourth-order valence-corrected chi connectivity index (χ4v) is 2.94. The minimum absolute atomic E-state index is 0.733. The molecule has 92 valence electrons. The number of nitrogens with zero attached hydrogens (tertiary/aromatic N) is 1. The topological polar surface area (TPSA) is 57.0 Å². The van der Waals surface area contributed by atoms with Gasteiger partial charge >= 0.3 is 0 Å². The summed E-state index contributed by atoms with van der Waals surface area (Å²) >= 11 is 6.93. The Morgan fingerprint density at radius 1 is 0.833 bits per heavy atom. The van der Waals surface area contributed by atoms with Crippen molar-refractivity contribution in [3.63, 3.8) is 0 Å². The Hall–Kier alpha value is -1.20. The fraction of sp³-hybridized carbons (Fsp3) is 0.0769. The molecule has 0 aliphatic heterocycles. The van der Waals surface area contributed by atoms with Crippen molar-refractivity contribution >= 4 is 65.0 Å². The van der Waals surface area contributed by atoms with Crippen LogP contribution in [0, 0.1) is 0 Å². The highest BCUT2D eigenvalue weighted by Crippen LogP contribution is 2.36. The monoisotopic (exact) mass is 367 g/mol. The lowest BCUT2D eigenvalue weighted by atomic mass is 10.1. The van der Waals surface area contributed by atoms with Crippen LogP contribution in [-0.2, 0) is 7.05 Å². The number of aromatic nitrogens is 1. The first kappa shape index (κ1) is 11.9. The largest absolute Gasteiger partial charge is 0.398 e. The second-order valence-corrected chi connectivity index (χ2v) is 6.05. The van der Waals surface area contributed by atoms with Gasteiger partial charge in [0.1, 0.15) is 0 Å². The molecule has 0 atom stereocenters. The fourth-order valence-electron chi connectivity index (χ4n) is 2.28. The van der Waals surface area contributed by atoms with Gasteiger partial charge in [0.15, 0.2) is 0 Å². The summed E-state index contributed by atoms with van der Waals surface area (Å²) in [6, 6.07) is 8.04. The molecule has 0 aliphatic carbocycles. The number of rotatable bonds is 0. The Bertz CT molecular complexity index is 725. The molecule has 3 aromatic rings. The summed E-state index contributed by atoms with van der Waals surface area (Å²) in [4.78, 5) is 0. The van der Waals surface area contributed by atoms with Crippen LogP contribution >= 0.6 is 31.9 Å². The van der Waals surface area contributed by atoms with Crippen LogP contribution in [0.4, 0.5) is 11.4 Å². The number of hydrogen-bond acceptors (Lipinski definition) is 2. The van der Waals surface area contributed by atoms with Crippen LogP contribution in [0.5, 0.6) is 0 Å². The molecule has 0 saturated heterocycles. The minimum atomic E-state index is 0.733. The molecule has 4 N–H and O–H groups in total. The second kappa shape index (κ2) is 3.90. The number of nitrogens with two attached hydrogens (primary N) is 2. The summed E-state index contributed by atoms with van der Waals surface area (Å²) in [6.07, 6.45) is 0. The molecule has 0 bridgehead atoms. The molecule has 5 heteroatoms. The Morgan fingerprint density at radius 3 is 1.61 bits per heavy atom. The Balaban J connectivity index is 2.58. The lowest BCUT2D eigenvalue weighted by molar-refractivity contribution is 1.01. The molecule has 3 nitrogen and oxygen atoms in total. The molecule has 0 unspecified atom stereocenters. The molecule has 0 spiro atoms. The summed E-state index contributed by atoms with van der Waals surface area (Å²) in [6.45, 7) is 0. The number of anilines is 2. The number of aryl methyl sites for hydroxylation is 1. The van der Waals surface area contributed by atoms with E-state index in [0.717, 1.165) is 42.1 Å². The molecule has 0 fully saturated rings. The standard InChI is InChI=1S/C13H11Br2N3/c1-18-12-4-8(14)10(16)2-6(12)7-3-11(17)9(15)5-13(7)18/h2-5H,16-17H2,1H3. The predicted molar refractivity (Wildman–Crippen MR) is 84.6 cm³/mol. The van der Waals surface area contributed by atoms with Crippen LogP contribution in [0.15, 0.2) is 33.2 Å². The normalized spacial score (nSPS) is 11.5. The first-order valence-corrected chi connectivity index (χ1v) is 7.00. The highest BCUT2D eigenvalue weighted by Gasteiger charge is 2.12. The average molecular weight is 369 g/mol. The van der Waals surface area contributed by atoms with Gasteiger partial charge in [0.2, 0.25) is 0 Å². The molecule has 3 rings (SSSR count). The van der Waals surface area contributed by atoms with Gasteiger partial charge < -0.3 is 16.0 Å². The zero-order valence-corrected chi connectivity index (χ0v) is 12.8. The van der Waals surface area contributed by atoms with Crippen molar-refractivity contribution in [2.45, 2.75) is 0 Å². The number of hydrogen-bond donors (Lipinski definition) is 2. The maximum atomic E-state index is 5.96. The van der Waals surface area contributed by atoms with Gasteiger partial charge in [-0.05, 0) is 56.1 Å². The van der Waals surface area contributed by atoms with E-state index >= 15 is 0 Å². The van der Waals surface area contributed by atoms with Crippen molar-refractivity contribution in [2.75, 3.05) is 11.5 Å². The van der Waals surface area contributed by atoms with E-state index in [9.17, 15) is 0 Å². The van der Waals surface area contributed by atoms with Gasteiger partial charge in [-0.3, -0.25) is 0 Å². The lowest BCUT2D eigenvalue weighted by Gasteiger charge is -2.01. The maximum absolute atomic E-state index is 5.96.